The van der Waals surface area contributed by atoms with Crippen molar-refractivity contribution in [3.8, 4) is 27.4 Å². The van der Waals surface area contributed by atoms with Crippen LogP contribution in [0.25, 0.3) is 21.7 Å². The molecule has 4 fully saturated rings. The third-order valence-corrected chi connectivity index (χ3v) is 12.4. The topological polar surface area (TPSA) is 106 Å². The van der Waals surface area contributed by atoms with Crippen LogP contribution in [0.15, 0.2) is 71.1 Å². The summed E-state index contributed by atoms with van der Waals surface area (Å²) >= 11 is 0.978. The molecule has 1 heterocycles. The number of carboxylic acid groups (broad SMARTS) is 1. The summed E-state index contributed by atoms with van der Waals surface area (Å²) in [6.45, 7) is 0. The van der Waals surface area contributed by atoms with Gasteiger partial charge in [0, 0.05) is 11.6 Å². The van der Waals surface area contributed by atoms with Crippen LogP contribution in [0.2, 0.25) is 0 Å². The van der Waals surface area contributed by atoms with Crippen molar-refractivity contribution < 1.29 is 27.4 Å². The standard InChI is InChI=1S/C33H31FN2O5S2/c1-41-29-13-26(32(37)38)27(34)14-28(29)36-43(39,40)30-18-35-31(42-30)24-4-2-22(3-5-24)23-6-8-25(9-7-23)33-15-19-10-20(16-33)12-21(11-19)17-33/h2-9,13-14,18-21,36H,10-12,15-17H2,1H3,(H,37,38)/t19-,20-,21?,33?/m1/s1. The zero-order valence-corrected chi connectivity index (χ0v) is 25.2. The van der Waals surface area contributed by atoms with Gasteiger partial charge in [-0.25, -0.2) is 22.6 Å². The Balaban J connectivity index is 1.07. The van der Waals surface area contributed by atoms with E-state index in [1.165, 1.54) is 57.4 Å². The Kier molecular flexibility index (Phi) is 6.81. The number of benzene rings is 3. The number of thiazole rings is 1. The highest BCUT2D eigenvalue weighted by Crippen LogP contribution is 2.60. The van der Waals surface area contributed by atoms with Gasteiger partial charge in [0.25, 0.3) is 10.0 Å². The Bertz CT molecular complexity index is 1780. The van der Waals surface area contributed by atoms with Crippen LogP contribution in [-0.4, -0.2) is 31.6 Å². The molecule has 0 atom stereocenters. The summed E-state index contributed by atoms with van der Waals surface area (Å²) < 4.78 is 47.7. The number of hydrogen-bond acceptors (Lipinski definition) is 6. The summed E-state index contributed by atoms with van der Waals surface area (Å²) in [7, 11) is -2.90. The van der Waals surface area contributed by atoms with Crippen molar-refractivity contribution in [3.05, 3.63) is 83.8 Å². The minimum atomic E-state index is -4.14. The molecule has 4 aromatic rings. The van der Waals surface area contributed by atoms with Crippen LogP contribution in [0.4, 0.5) is 10.1 Å². The first-order valence-corrected chi connectivity index (χ1v) is 16.7. The number of halogens is 1. The maximum absolute atomic E-state index is 14.3. The minimum absolute atomic E-state index is 0.0726. The van der Waals surface area contributed by atoms with E-state index in [9.17, 15) is 17.6 Å². The summed E-state index contributed by atoms with van der Waals surface area (Å²) in [5.41, 5.74) is 4.02. The summed E-state index contributed by atoms with van der Waals surface area (Å²) in [5, 5.41) is 9.65. The van der Waals surface area contributed by atoms with Gasteiger partial charge in [0.2, 0.25) is 0 Å². The van der Waals surface area contributed by atoms with Crippen LogP contribution in [0.5, 0.6) is 5.75 Å². The van der Waals surface area contributed by atoms with Crippen LogP contribution >= 0.6 is 11.3 Å². The van der Waals surface area contributed by atoms with Gasteiger partial charge < -0.3 is 9.84 Å². The maximum atomic E-state index is 14.3. The number of nitrogens with zero attached hydrogens (tertiary/aromatic N) is 1. The minimum Gasteiger partial charge on any atom is -0.495 e. The molecule has 0 spiro atoms. The van der Waals surface area contributed by atoms with Gasteiger partial charge in [-0.1, -0.05) is 48.5 Å². The molecule has 4 saturated carbocycles. The quantitative estimate of drug-likeness (QED) is 0.211. The molecule has 222 valence electrons. The molecule has 4 aliphatic rings. The molecule has 4 aliphatic carbocycles. The molecule has 43 heavy (non-hydrogen) atoms. The third-order valence-electron chi connectivity index (χ3n) is 9.51. The van der Waals surface area contributed by atoms with Crippen molar-refractivity contribution >= 4 is 33.0 Å². The number of ether oxygens (including phenoxy) is 1. The van der Waals surface area contributed by atoms with E-state index in [4.69, 9.17) is 9.84 Å². The molecule has 1 aromatic heterocycles. The molecule has 10 heteroatoms. The maximum Gasteiger partial charge on any atom is 0.338 e. The molecular weight excluding hydrogens is 588 g/mol. The lowest BCUT2D eigenvalue weighted by molar-refractivity contribution is -0.00518. The van der Waals surface area contributed by atoms with Gasteiger partial charge in [0.05, 0.1) is 24.6 Å². The van der Waals surface area contributed by atoms with Gasteiger partial charge in [-0.15, -0.1) is 11.3 Å². The van der Waals surface area contributed by atoms with Crippen molar-refractivity contribution in [2.45, 2.75) is 48.1 Å². The molecule has 3 aromatic carbocycles. The van der Waals surface area contributed by atoms with Crippen LogP contribution in [0, 0.1) is 23.6 Å². The van der Waals surface area contributed by atoms with E-state index in [1.807, 2.05) is 24.3 Å². The van der Waals surface area contributed by atoms with E-state index in [0.29, 0.717) is 10.4 Å². The molecular formula is C33H31FN2O5S2. The van der Waals surface area contributed by atoms with Crippen molar-refractivity contribution in [2.24, 2.45) is 17.8 Å². The largest absolute Gasteiger partial charge is 0.495 e. The van der Waals surface area contributed by atoms with Gasteiger partial charge in [0.1, 0.15) is 16.6 Å². The monoisotopic (exact) mass is 618 g/mol. The molecule has 0 saturated heterocycles. The summed E-state index contributed by atoms with van der Waals surface area (Å²) in [5.74, 6) is 0.0374. The van der Waals surface area contributed by atoms with Crippen molar-refractivity contribution in [1.29, 1.82) is 0 Å². The second kappa shape index (κ2) is 10.4. The first-order valence-electron chi connectivity index (χ1n) is 14.4. The average Bonchev–Trinajstić information content (AvgIpc) is 3.48. The zero-order chi connectivity index (χ0) is 29.9. The fraction of sp³-hybridized carbons (Fsp3) is 0.333. The Morgan fingerprint density at radius 2 is 1.51 bits per heavy atom. The van der Waals surface area contributed by atoms with Crippen molar-refractivity contribution in [2.75, 3.05) is 11.8 Å². The van der Waals surface area contributed by atoms with Crippen LogP contribution in [-0.2, 0) is 15.4 Å². The lowest BCUT2D eigenvalue weighted by Crippen LogP contribution is -2.48. The van der Waals surface area contributed by atoms with Gasteiger partial charge in [0.15, 0.2) is 4.21 Å². The molecule has 4 bridgehead atoms. The van der Waals surface area contributed by atoms with Crippen LogP contribution in [0.1, 0.15) is 54.4 Å². The number of carbonyl (C=O) groups is 1. The van der Waals surface area contributed by atoms with E-state index in [-0.39, 0.29) is 15.6 Å². The molecule has 0 radical (unpaired) electrons. The number of nitrogens with one attached hydrogen (secondary N) is 1. The average molecular weight is 619 g/mol. The number of sulfonamides is 1. The number of anilines is 1. The predicted molar refractivity (Wildman–Crippen MR) is 164 cm³/mol. The Morgan fingerprint density at radius 1 is 0.953 bits per heavy atom. The summed E-state index contributed by atoms with van der Waals surface area (Å²) in [6.07, 6.45) is 9.58. The number of hydrogen-bond donors (Lipinski definition) is 2. The molecule has 0 aliphatic heterocycles. The lowest BCUT2D eigenvalue weighted by Gasteiger charge is -2.57. The number of rotatable bonds is 8. The fourth-order valence-corrected chi connectivity index (χ4v) is 10.2. The smallest absolute Gasteiger partial charge is 0.338 e. The number of carboxylic acids is 1. The fourth-order valence-electron chi connectivity index (χ4n) is 7.96. The zero-order valence-electron chi connectivity index (χ0n) is 23.5. The first-order chi connectivity index (χ1) is 20.6. The van der Waals surface area contributed by atoms with E-state index in [0.717, 1.165) is 57.9 Å². The molecule has 0 amide bonds. The summed E-state index contributed by atoms with van der Waals surface area (Å²) in [4.78, 5) is 15.5. The van der Waals surface area contributed by atoms with Gasteiger partial charge >= 0.3 is 5.97 Å². The highest BCUT2D eigenvalue weighted by molar-refractivity contribution is 7.94. The Morgan fingerprint density at radius 3 is 2.07 bits per heavy atom. The molecule has 0 unspecified atom stereocenters. The van der Waals surface area contributed by atoms with Gasteiger partial charge in [-0.05, 0) is 84.5 Å². The lowest BCUT2D eigenvalue weighted by atomic mass is 9.48. The second-order valence-corrected chi connectivity index (χ2v) is 15.2. The number of aromatic carboxylic acids is 1. The van der Waals surface area contributed by atoms with Crippen LogP contribution in [0.3, 0.4) is 0 Å². The van der Waals surface area contributed by atoms with E-state index >= 15 is 0 Å². The van der Waals surface area contributed by atoms with E-state index in [1.54, 1.807) is 0 Å². The second-order valence-electron chi connectivity index (χ2n) is 12.3. The van der Waals surface area contributed by atoms with Gasteiger partial charge in [-0.2, -0.15) is 0 Å². The van der Waals surface area contributed by atoms with Crippen molar-refractivity contribution in [1.82, 2.24) is 4.98 Å². The predicted octanol–water partition coefficient (Wildman–Crippen LogP) is 7.59. The van der Waals surface area contributed by atoms with E-state index in [2.05, 4.69) is 34.0 Å². The van der Waals surface area contributed by atoms with Gasteiger partial charge in [-0.3, -0.25) is 4.72 Å². The van der Waals surface area contributed by atoms with E-state index < -0.39 is 27.4 Å². The number of methoxy groups -OCH3 is 1. The Labute approximate surface area is 253 Å². The SMILES string of the molecule is COc1cc(C(=O)O)c(F)cc1NS(=O)(=O)c1cnc(-c2ccc(-c3ccc(C45CC6C[C@H](C4)C[C@H](C6)C5)cc3)cc2)s1. The van der Waals surface area contributed by atoms with Crippen molar-refractivity contribution in [3.63, 3.8) is 0 Å². The Hall–Kier alpha value is -3.76. The van der Waals surface area contributed by atoms with Crippen LogP contribution < -0.4 is 9.46 Å². The normalized spacial score (nSPS) is 24.2. The summed E-state index contributed by atoms with van der Waals surface area (Å²) in [6, 6.07) is 18.7. The highest BCUT2D eigenvalue weighted by Gasteiger charge is 2.51. The molecule has 2 N–H and O–H groups in total. The highest BCUT2D eigenvalue weighted by atomic mass is 32.2. The first kappa shape index (κ1) is 28.0. The number of aromatic nitrogens is 1. The molecule has 7 nitrogen and oxygen atoms in total. The molecule has 8 rings (SSSR count). The third kappa shape index (κ3) is 5.10.